The third-order valence-electron chi connectivity index (χ3n) is 4.83. The Hall–Kier alpha value is -1.06. The number of hydrogen-bond donors (Lipinski definition) is 1. The summed E-state index contributed by atoms with van der Waals surface area (Å²) in [5, 5.41) is 4.18. The molecule has 2 fully saturated rings. The molecule has 2 atom stereocenters. The third kappa shape index (κ3) is 3.09. The van der Waals surface area contributed by atoms with Gasteiger partial charge in [-0.1, -0.05) is 23.7 Å². The SMILES string of the molecule is Cc1cccc(C(=O)N2CCCC(C3CCCN3)C2)c1Cl. The molecule has 0 aromatic heterocycles. The zero-order valence-corrected chi connectivity index (χ0v) is 13.3. The third-order valence-corrected chi connectivity index (χ3v) is 5.34. The zero-order chi connectivity index (χ0) is 14.8. The van der Waals surface area contributed by atoms with Crippen LogP contribution in [0.3, 0.4) is 0 Å². The number of hydrogen-bond acceptors (Lipinski definition) is 2. The van der Waals surface area contributed by atoms with E-state index >= 15 is 0 Å². The molecular formula is C17H23ClN2O. The summed E-state index contributed by atoms with van der Waals surface area (Å²) < 4.78 is 0. The minimum atomic E-state index is 0.0893. The number of likely N-dealkylation sites (tertiary alicyclic amines) is 1. The Balaban J connectivity index is 1.73. The summed E-state index contributed by atoms with van der Waals surface area (Å²) in [6.45, 7) is 4.78. The smallest absolute Gasteiger partial charge is 0.255 e. The first-order valence-corrected chi connectivity index (χ1v) is 8.32. The van der Waals surface area contributed by atoms with E-state index in [2.05, 4.69) is 5.32 Å². The van der Waals surface area contributed by atoms with Crippen molar-refractivity contribution in [3.8, 4) is 0 Å². The number of benzene rings is 1. The normalized spacial score (nSPS) is 26.1. The lowest BCUT2D eigenvalue weighted by molar-refractivity contribution is 0.0651. The van der Waals surface area contributed by atoms with Gasteiger partial charge in [-0.25, -0.2) is 0 Å². The average Bonchev–Trinajstić information content (AvgIpc) is 3.04. The van der Waals surface area contributed by atoms with Crippen molar-refractivity contribution in [1.82, 2.24) is 10.2 Å². The van der Waals surface area contributed by atoms with Crippen LogP contribution >= 0.6 is 11.6 Å². The van der Waals surface area contributed by atoms with E-state index in [-0.39, 0.29) is 5.91 Å². The number of carbonyl (C=O) groups is 1. The first-order chi connectivity index (χ1) is 10.2. The van der Waals surface area contributed by atoms with Gasteiger partial charge >= 0.3 is 0 Å². The second-order valence-corrected chi connectivity index (χ2v) is 6.67. The lowest BCUT2D eigenvalue weighted by Gasteiger charge is -2.36. The molecule has 0 spiro atoms. The second-order valence-electron chi connectivity index (χ2n) is 6.29. The molecule has 0 radical (unpaired) electrons. The molecule has 0 saturated carbocycles. The number of amides is 1. The van der Waals surface area contributed by atoms with E-state index in [9.17, 15) is 4.79 Å². The summed E-state index contributed by atoms with van der Waals surface area (Å²) in [5.74, 6) is 0.681. The molecule has 4 heteroatoms. The van der Waals surface area contributed by atoms with Gasteiger partial charge in [-0.2, -0.15) is 0 Å². The van der Waals surface area contributed by atoms with Crippen LogP contribution in [-0.4, -0.2) is 36.5 Å². The maximum Gasteiger partial charge on any atom is 0.255 e. The molecule has 2 heterocycles. The molecule has 1 amide bonds. The second kappa shape index (κ2) is 6.37. The Bertz CT molecular complexity index is 526. The van der Waals surface area contributed by atoms with Crippen molar-refractivity contribution in [3.05, 3.63) is 34.3 Å². The lowest BCUT2D eigenvalue weighted by atomic mass is 9.89. The Kier molecular flexibility index (Phi) is 4.51. The summed E-state index contributed by atoms with van der Waals surface area (Å²) in [5.41, 5.74) is 1.62. The van der Waals surface area contributed by atoms with E-state index in [0.717, 1.165) is 31.6 Å². The van der Waals surface area contributed by atoms with Gasteiger partial charge in [0.1, 0.15) is 0 Å². The van der Waals surface area contributed by atoms with Crippen LogP contribution < -0.4 is 5.32 Å². The van der Waals surface area contributed by atoms with Crippen LogP contribution in [0, 0.1) is 12.8 Å². The molecule has 0 bridgehead atoms. The Labute approximate surface area is 131 Å². The van der Waals surface area contributed by atoms with Crippen LogP contribution in [0.1, 0.15) is 41.6 Å². The largest absolute Gasteiger partial charge is 0.338 e. The number of nitrogens with one attached hydrogen (secondary N) is 1. The number of rotatable bonds is 2. The van der Waals surface area contributed by atoms with Crippen LogP contribution in [0.25, 0.3) is 0 Å². The lowest BCUT2D eigenvalue weighted by Crippen LogP contribution is -2.45. The van der Waals surface area contributed by atoms with Gasteiger partial charge in [0, 0.05) is 19.1 Å². The monoisotopic (exact) mass is 306 g/mol. The molecule has 1 N–H and O–H groups in total. The quantitative estimate of drug-likeness (QED) is 0.909. The summed E-state index contributed by atoms with van der Waals surface area (Å²) in [4.78, 5) is 14.7. The molecule has 2 saturated heterocycles. The molecule has 21 heavy (non-hydrogen) atoms. The zero-order valence-electron chi connectivity index (χ0n) is 12.6. The number of piperidine rings is 1. The minimum absolute atomic E-state index is 0.0893. The number of aryl methyl sites for hydroxylation is 1. The Morgan fingerprint density at radius 3 is 2.95 bits per heavy atom. The summed E-state index contributed by atoms with van der Waals surface area (Å²) in [6, 6.07) is 6.29. The molecule has 3 nitrogen and oxygen atoms in total. The highest BCUT2D eigenvalue weighted by atomic mass is 35.5. The molecule has 2 aliphatic rings. The van der Waals surface area contributed by atoms with Crippen LogP contribution in [0.5, 0.6) is 0 Å². The number of carbonyl (C=O) groups excluding carboxylic acids is 1. The van der Waals surface area contributed by atoms with Gasteiger partial charge in [-0.3, -0.25) is 4.79 Å². The van der Waals surface area contributed by atoms with Crippen LogP contribution in [-0.2, 0) is 0 Å². The molecule has 114 valence electrons. The summed E-state index contributed by atoms with van der Waals surface area (Å²) in [6.07, 6.45) is 4.83. The molecule has 0 aliphatic carbocycles. The van der Waals surface area contributed by atoms with E-state index < -0.39 is 0 Å². The van der Waals surface area contributed by atoms with Crippen molar-refractivity contribution in [3.63, 3.8) is 0 Å². The van der Waals surface area contributed by atoms with Gasteiger partial charge in [0.2, 0.25) is 0 Å². The first-order valence-electron chi connectivity index (χ1n) is 7.94. The van der Waals surface area contributed by atoms with Gasteiger partial charge in [0.25, 0.3) is 5.91 Å². The topological polar surface area (TPSA) is 32.3 Å². The van der Waals surface area contributed by atoms with E-state index in [0.29, 0.717) is 22.5 Å². The fourth-order valence-electron chi connectivity index (χ4n) is 3.62. The molecular weight excluding hydrogens is 284 g/mol. The Morgan fingerprint density at radius 2 is 2.19 bits per heavy atom. The molecule has 1 aromatic rings. The van der Waals surface area contributed by atoms with Crippen molar-refractivity contribution >= 4 is 17.5 Å². The van der Waals surface area contributed by atoms with Gasteiger partial charge in [-0.15, -0.1) is 0 Å². The highest BCUT2D eigenvalue weighted by molar-refractivity contribution is 6.34. The number of nitrogens with zero attached hydrogens (tertiary/aromatic N) is 1. The van der Waals surface area contributed by atoms with Crippen molar-refractivity contribution in [2.24, 2.45) is 5.92 Å². The van der Waals surface area contributed by atoms with Gasteiger partial charge < -0.3 is 10.2 Å². The van der Waals surface area contributed by atoms with Gasteiger partial charge in [0.15, 0.2) is 0 Å². The number of halogens is 1. The van der Waals surface area contributed by atoms with Crippen molar-refractivity contribution in [2.75, 3.05) is 19.6 Å². The van der Waals surface area contributed by atoms with E-state index in [1.54, 1.807) is 0 Å². The van der Waals surface area contributed by atoms with Crippen LogP contribution in [0.4, 0.5) is 0 Å². The Morgan fingerprint density at radius 1 is 1.33 bits per heavy atom. The van der Waals surface area contributed by atoms with Crippen molar-refractivity contribution in [2.45, 2.75) is 38.6 Å². The van der Waals surface area contributed by atoms with Crippen LogP contribution in [0.15, 0.2) is 18.2 Å². The van der Waals surface area contributed by atoms with Gasteiger partial charge in [-0.05, 0) is 56.7 Å². The molecule has 1 aromatic carbocycles. The highest BCUT2D eigenvalue weighted by Gasteiger charge is 2.31. The van der Waals surface area contributed by atoms with Gasteiger partial charge in [0.05, 0.1) is 10.6 Å². The fraction of sp³-hybridized carbons (Fsp3) is 0.588. The standard InChI is InChI=1S/C17H23ClN2O/c1-12-5-2-7-14(16(12)18)17(21)20-10-4-6-13(11-20)15-8-3-9-19-15/h2,5,7,13,15,19H,3-4,6,8-11H2,1H3. The minimum Gasteiger partial charge on any atom is -0.338 e. The van der Waals surface area contributed by atoms with E-state index in [4.69, 9.17) is 11.6 Å². The van der Waals surface area contributed by atoms with E-state index in [1.165, 1.54) is 19.3 Å². The molecule has 2 aliphatic heterocycles. The molecule has 2 unspecified atom stereocenters. The maximum absolute atomic E-state index is 12.8. The van der Waals surface area contributed by atoms with Crippen molar-refractivity contribution in [1.29, 1.82) is 0 Å². The predicted octanol–water partition coefficient (Wildman–Crippen LogP) is 3.25. The van der Waals surface area contributed by atoms with Crippen LogP contribution in [0.2, 0.25) is 5.02 Å². The first kappa shape index (κ1) is 14.9. The van der Waals surface area contributed by atoms with Crippen molar-refractivity contribution < 1.29 is 4.79 Å². The summed E-state index contributed by atoms with van der Waals surface area (Å²) >= 11 is 6.31. The van der Waals surface area contributed by atoms with E-state index in [1.807, 2.05) is 30.0 Å². The predicted molar refractivity (Wildman–Crippen MR) is 85.8 cm³/mol. The summed E-state index contributed by atoms with van der Waals surface area (Å²) in [7, 11) is 0. The fourth-order valence-corrected chi connectivity index (χ4v) is 3.83. The molecule has 3 rings (SSSR count). The maximum atomic E-state index is 12.8. The highest BCUT2D eigenvalue weighted by Crippen LogP contribution is 2.27. The average molecular weight is 307 g/mol.